The Hall–Kier alpha value is -1.13. The maximum absolute atomic E-state index is 11.8. The highest BCUT2D eigenvalue weighted by Crippen LogP contribution is 2.23. The Morgan fingerprint density at radius 2 is 2.00 bits per heavy atom. The van der Waals surface area contributed by atoms with E-state index in [9.17, 15) is 4.79 Å². The molecule has 1 heterocycles. The zero-order valence-corrected chi connectivity index (χ0v) is 10.8. The summed E-state index contributed by atoms with van der Waals surface area (Å²) in [6.07, 6.45) is 0. The molecule has 0 fully saturated rings. The van der Waals surface area contributed by atoms with Crippen LogP contribution in [0.25, 0.3) is 0 Å². The number of Topliss-reactive ketones (excluding diaryl/α,β-unsaturated/α-hetero) is 1. The summed E-state index contributed by atoms with van der Waals surface area (Å²) in [5, 5.41) is 5.00. The normalized spacial score (nSPS) is 10.1. The van der Waals surface area contributed by atoms with Crippen LogP contribution in [0.2, 0.25) is 0 Å². The fourth-order valence-electron chi connectivity index (χ4n) is 1.31. The molecule has 16 heavy (non-hydrogen) atoms. The Kier molecular flexibility index (Phi) is 3.74. The summed E-state index contributed by atoms with van der Waals surface area (Å²) in [6.45, 7) is 0.323. The van der Waals surface area contributed by atoms with Gasteiger partial charge in [-0.2, -0.15) is 0 Å². The van der Waals surface area contributed by atoms with Crippen LogP contribution in [0.1, 0.15) is 9.67 Å². The van der Waals surface area contributed by atoms with Gasteiger partial charge >= 0.3 is 0 Å². The van der Waals surface area contributed by atoms with Gasteiger partial charge in [0.05, 0.1) is 11.4 Å². The predicted octanol–water partition coefficient (Wildman–Crippen LogP) is 3.81. The minimum Gasteiger partial charge on any atom is -0.378 e. The lowest BCUT2D eigenvalue weighted by molar-refractivity contribution is 0.101. The molecule has 0 aliphatic rings. The van der Waals surface area contributed by atoms with E-state index in [4.69, 9.17) is 0 Å². The van der Waals surface area contributed by atoms with Gasteiger partial charge in [0.15, 0.2) is 5.78 Å². The van der Waals surface area contributed by atoms with Gasteiger partial charge in [-0.15, -0.1) is 11.3 Å². The second-order valence-electron chi connectivity index (χ2n) is 3.24. The average Bonchev–Trinajstić information content (AvgIpc) is 2.74. The Bertz CT molecular complexity index is 481. The van der Waals surface area contributed by atoms with E-state index in [-0.39, 0.29) is 5.78 Å². The lowest BCUT2D eigenvalue weighted by Crippen LogP contribution is -2.12. The van der Waals surface area contributed by atoms with E-state index in [2.05, 4.69) is 21.2 Å². The number of carbonyl (C=O) groups is 1. The highest BCUT2D eigenvalue weighted by Gasteiger charge is 2.10. The third-order valence-corrected chi connectivity index (χ3v) is 3.98. The summed E-state index contributed by atoms with van der Waals surface area (Å²) in [5.74, 6) is 0.103. The SMILES string of the molecule is O=C(CNc1ccccc1)c1sccc1Br. The molecule has 0 spiro atoms. The zero-order chi connectivity index (χ0) is 11.4. The van der Waals surface area contributed by atoms with Crippen molar-refractivity contribution < 1.29 is 4.79 Å². The first-order valence-electron chi connectivity index (χ1n) is 4.82. The van der Waals surface area contributed by atoms with Crippen LogP contribution in [0.3, 0.4) is 0 Å². The Morgan fingerprint density at radius 1 is 1.25 bits per heavy atom. The molecule has 0 aliphatic heterocycles. The monoisotopic (exact) mass is 295 g/mol. The quantitative estimate of drug-likeness (QED) is 0.869. The number of thiophene rings is 1. The molecule has 0 bridgehead atoms. The topological polar surface area (TPSA) is 29.1 Å². The van der Waals surface area contributed by atoms with Crippen LogP contribution in [0, 0.1) is 0 Å². The summed E-state index contributed by atoms with van der Waals surface area (Å²) in [7, 11) is 0. The largest absolute Gasteiger partial charge is 0.378 e. The number of halogens is 1. The van der Waals surface area contributed by atoms with Crippen molar-refractivity contribution in [3.63, 3.8) is 0 Å². The first kappa shape index (κ1) is 11.4. The molecule has 0 atom stereocenters. The van der Waals surface area contributed by atoms with Crippen molar-refractivity contribution in [3.05, 3.63) is 51.1 Å². The van der Waals surface area contributed by atoms with Gasteiger partial charge in [-0.05, 0) is 39.5 Å². The first-order chi connectivity index (χ1) is 7.77. The van der Waals surface area contributed by atoms with Gasteiger partial charge < -0.3 is 5.32 Å². The van der Waals surface area contributed by atoms with Gasteiger partial charge in [-0.1, -0.05) is 18.2 Å². The highest BCUT2D eigenvalue weighted by molar-refractivity contribution is 9.10. The summed E-state index contributed by atoms with van der Waals surface area (Å²) in [4.78, 5) is 12.6. The summed E-state index contributed by atoms with van der Waals surface area (Å²) >= 11 is 4.81. The maximum Gasteiger partial charge on any atom is 0.192 e. The minimum absolute atomic E-state index is 0.103. The number of nitrogens with one attached hydrogen (secondary N) is 1. The number of ketones is 1. The van der Waals surface area contributed by atoms with Crippen LogP contribution < -0.4 is 5.32 Å². The van der Waals surface area contributed by atoms with Gasteiger partial charge in [0.25, 0.3) is 0 Å². The van der Waals surface area contributed by atoms with Crippen molar-refractivity contribution in [2.24, 2.45) is 0 Å². The number of hydrogen-bond donors (Lipinski definition) is 1. The van der Waals surface area contributed by atoms with E-state index in [0.717, 1.165) is 15.0 Å². The van der Waals surface area contributed by atoms with E-state index in [0.29, 0.717) is 6.54 Å². The Morgan fingerprint density at radius 3 is 2.62 bits per heavy atom. The molecule has 0 saturated heterocycles. The predicted molar refractivity (Wildman–Crippen MR) is 71.3 cm³/mol. The number of para-hydroxylation sites is 1. The molecular formula is C12H10BrNOS. The lowest BCUT2D eigenvalue weighted by Gasteiger charge is -2.04. The molecular weight excluding hydrogens is 286 g/mol. The van der Waals surface area contributed by atoms with Gasteiger partial charge in [-0.25, -0.2) is 0 Å². The van der Waals surface area contributed by atoms with E-state index >= 15 is 0 Å². The van der Waals surface area contributed by atoms with Crippen LogP contribution in [0.5, 0.6) is 0 Å². The smallest absolute Gasteiger partial charge is 0.192 e. The molecule has 2 rings (SSSR count). The van der Waals surface area contributed by atoms with Crippen molar-refractivity contribution in [3.8, 4) is 0 Å². The lowest BCUT2D eigenvalue weighted by atomic mass is 10.3. The summed E-state index contributed by atoms with van der Waals surface area (Å²) in [6, 6.07) is 11.6. The van der Waals surface area contributed by atoms with E-state index in [1.54, 1.807) is 0 Å². The second kappa shape index (κ2) is 5.27. The average molecular weight is 296 g/mol. The third kappa shape index (κ3) is 2.71. The van der Waals surface area contributed by atoms with Crippen LogP contribution in [0.15, 0.2) is 46.3 Å². The third-order valence-electron chi connectivity index (χ3n) is 2.10. The first-order valence-corrected chi connectivity index (χ1v) is 6.50. The number of benzene rings is 1. The number of rotatable bonds is 4. The molecule has 1 N–H and O–H groups in total. The molecule has 0 unspecified atom stereocenters. The molecule has 2 aromatic rings. The molecule has 2 nitrogen and oxygen atoms in total. The Balaban J connectivity index is 1.97. The molecule has 0 aliphatic carbocycles. The molecule has 0 amide bonds. The van der Waals surface area contributed by atoms with Crippen molar-refractivity contribution in [1.29, 1.82) is 0 Å². The molecule has 0 saturated carbocycles. The molecule has 0 radical (unpaired) electrons. The van der Waals surface area contributed by atoms with Crippen LogP contribution in [-0.4, -0.2) is 12.3 Å². The fourth-order valence-corrected chi connectivity index (χ4v) is 2.84. The number of carbonyl (C=O) groups excluding carboxylic acids is 1. The van der Waals surface area contributed by atoms with Crippen LogP contribution in [-0.2, 0) is 0 Å². The molecule has 1 aromatic carbocycles. The number of anilines is 1. The second-order valence-corrected chi connectivity index (χ2v) is 5.01. The summed E-state index contributed by atoms with van der Waals surface area (Å²) in [5.41, 5.74) is 0.962. The standard InChI is InChI=1S/C12H10BrNOS/c13-10-6-7-16-12(10)11(15)8-14-9-4-2-1-3-5-9/h1-7,14H,8H2. The van der Waals surface area contributed by atoms with Gasteiger partial charge in [0, 0.05) is 10.2 Å². The van der Waals surface area contributed by atoms with Crippen molar-refractivity contribution >= 4 is 38.7 Å². The minimum atomic E-state index is 0.103. The molecule has 4 heteroatoms. The van der Waals surface area contributed by atoms with Crippen LogP contribution in [0.4, 0.5) is 5.69 Å². The van der Waals surface area contributed by atoms with Crippen molar-refractivity contribution in [2.75, 3.05) is 11.9 Å². The maximum atomic E-state index is 11.8. The van der Waals surface area contributed by atoms with Crippen molar-refractivity contribution in [1.82, 2.24) is 0 Å². The van der Waals surface area contributed by atoms with E-state index < -0.39 is 0 Å². The molecule has 1 aromatic heterocycles. The van der Waals surface area contributed by atoms with E-state index in [1.165, 1.54) is 11.3 Å². The molecule has 82 valence electrons. The zero-order valence-electron chi connectivity index (χ0n) is 8.44. The fraction of sp³-hybridized carbons (Fsp3) is 0.0833. The van der Waals surface area contributed by atoms with Crippen LogP contribution >= 0.6 is 27.3 Å². The van der Waals surface area contributed by atoms with Gasteiger partial charge in [0.1, 0.15) is 0 Å². The van der Waals surface area contributed by atoms with Gasteiger partial charge in [0.2, 0.25) is 0 Å². The van der Waals surface area contributed by atoms with E-state index in [1.807, 2.05) is 41.8 Å². The summed E-state index contributed by atoms with van der Waals surface area (Å²) < 4.78 is 0.873. The number of hydrogen-bond acceptors (Lipinski definition) is 3. The Labute approximate surface area is 106 Å². The van der Waals surface area contributed by atoms with Crippen molar-refractivity contribution in [2.45, 2.75) is 0 Å². The highest BCUT2D eigenvalue weighted by atomic mass is 79.9. The van der Waals surface area contributed by atoms with Gasteiger partial charge in [-0.3, -0.25) is 4.79 Å².